The molecule has 2 aliphatic rings. The zero-order valence-corrected chi connectivity index (χ0v) is 7.53. The van der Waals surface area contributed by atoms with Crippen molar-refractivity contribution in [2.45, 2.75) is 6.42 Å². The number of fused-ring (bicyclic) bond motifs is 1. The van der Waals surface area contributed by atoms with E-state index in [1.807, 2.05) is 0 Å². The van der Waals surface area contributed by atoms with E-state index in [1.165, 1.54) is 5.57 Å². The highest BCUT2D eigenvalue weighted by Crippen LogP contribution is 2.30. The van der Waals surface area contributed by atoms with Crippen LogP contribution in [0.3, 0.4) is 0 Å². The van der Waals surface area contributed by atoms with Crippen molar-refractivity contribution in [3.05, 3.63) is 59.9 Å². The van der Waals surface area contributed by atoms with E-state index in [0.717, 1.165) is 12.0 Å². The lowest BCUT2D eigenvalue weighted by molar-refractivity contribution is 0.750. The average molecular weight is 171 g/mol. The summed E-state index contributed by atoms with van der Waals surface area (Å²) in [5.41, 5.74) is 8.88. The zero-order chi connectivity index (χ0) is 9.26. The summed E-state index contributed by atoms with van der Waals surface area (Å²) < 4.78 is 0. The first-order valence-corrected chi connectivity index (χ1v) is 4.48. The van der Waals surface area contributed by atoms with Gasteiger partial charge in [0, 0.05) is 11.6 Å². The summed E-state index contributed by atoms with van der Waals surface area (Å²) in [5, 5.41) is 0. The van der Waals surface area contributed by atoms with Crippen LogP contribution in [0, 0.1) is 5.92 Å². The van der Waals surface area contributed by atoms with E-state index in [1.54, 1.807) is 0 Å². The van der Waals surface area contributed by atoms with Crippen LogP contribution in [-0.2, 0) is 0 Å². The Morgan fingerprint density at radius 2 is 2.23 bits per heavy atom. The maximum absolute atomic E-state index is 5.65. The van der Waals surface area contributed by atoms with E-state index in [4.69, 9.17) is 5.73 Å². The number of hydrogen-bond donors (Lipinski definition) is 1. The van der Waals surface area contributed by atoms with Crippen molar-refractivity contribution in [3.63, 3.8) is 0 Å². The molecular weight excluding hydrogens is 158 g/mol. The molecule has 1 unspecified atom stereocenters. The number of nitrogens with two attached hydrogens (primary N) is 1. The number of hydrogen-bond acceptors (Lipinski definition) is 1. The molecule has 0 radical (unpaired) electrons. The first-order chi connectivity index (χ1) is 6.27. The van der Waals surface area contributed by atoms with Gasteiger partial charge in [0.05, 0.1) is 0 Å². The first kappa shape index (κ1) is 8.11. The monoisotopic (exact) mass is 171 g/mol. The molecule has 0 fully saturated rings. The molecule has 0 aromatic heterocycles. The van der Waals surface area contributed by atoms with Crippen LogP contribution in [0.1, 0.15) is 6.42 Å². The van der Waals surface area contributed by atoms with E-state index in [2.05, 4.69) is 43.0 Å². The number of rotatable bonds is 1. The first-order valence-electron chi connectivity index (χ1n) is 4.48. The van der Waals surface area contributed by atoms with Crippen LogP contribution in [0.2, 0.25) is 0 Å². The Kier molecular flexibility index (Phi) is 1.93. The largest absolute Gasteiger partial charge is 0.399 e. The lowest BCUT2D eigenvalue weighted by atomic mass is 9.84. The third-order valence-electron chi connectivity index (χ3n) is 2.50. The standard InChI is InChI=1S/C12H13N/c1-9(13)11-7-6-10-4-2-3-5-12(10)8-11/h2-7,12H,1,8,13H2. The summed E-state index contributed by atoms with van der Waals surface area (Å²) in [4.78, 5) is 0. The highest BCUT2D eigenvalue weighted by molar-refractivity contribution is 5.44. The van der Waals surface area contributed by atoms with Crippen LogP contribution in [-0.4, -0.2) is 0 Å². The van der Waals surface area contributed by atoms with Crippen LogP contribution >= 0.6 is 0 Å². The van der Waals surface area contributed by atoms with Gasteiger partial charge in [-0.1, -0.05) is 43.0 Å². The van der Waals surface area contributed by atoms with Gasteiger partial charge in [0.15, 0.2) is 0 Å². The highest BCUT2D eigenvalue weighted by atomic mass is 14.6. The lowest BCUT2D eigenvalue weighted by Gasteiger charge is -2.22. The molecular formula is C12H13N. The predicted octanol–water partition coefficient (Wildman–Crippen LogP) is 2.46. The van der Waals surface area contributed by atoms with E-state index < -0.39 is 0 Å². The molecule has 2 aliphatic carbocycles. The van der Waals surface area contributed by atoms with E-state index in [9.17, 15) is 0 Å². The molecule has 0 saturated carbocycles. The molecule has 0 amide bonds. The van der Waals surface area contributed by atoms with Gasteiger partial charge in [-0.15, -0.1) is 0 Å². The molecule has 13 heavy (non-hydrogen) atoms. The van der Waals surface area contributed by atoms with Gasteiger partial charge in [0.25, 0.3) is 0 Å². The van der Waals surface area contributed by atoms with Crippen molar-refractivity contribution in [2.24, 2.45) is 11.7 Å². The fraction of sp³-hybridized carbons (Fsp3) is 0.167. The van der Waals surface area contributed by atoms with Crippen LogP contribution in [0.5, 0.6) is 0 Å². The summed E-state index contributed by atoms with van der Waals surface area (Å²) in [5.74, 6) is 0.505. The molecule has 0 bridgehead atoms. The molecule has 2 N–H and O–H groups in total. The highest BCUT2D eigenvalue weighted by Gasteiger charge is 2.16. The molecule has 1 nitrogen and oxygen atoms in total. The fourth-order valence-electron chi connectivity index (χ4n) is 1.70. The Morgan fingerprint density at radius 3 is 3.00 bits per heavy atom. The van der Waals surface area contributed by atoms with Crippen molar-refractivity contribution in [3.8, 4) is 0 Å². The molecule has 0 aromatic carbocycles. The Hall–Kier alpha value is -1.50. The number of allylic oxidation sites excluding steroid dienone is 8. The Bertz CT molecular complexity index is 353. The van der Waals surface area contributed by atoms with Gasteiger partial charge >= 0.3 is 0 Å². The third-order valence-corrected chi connectivity index (χ3v) is 2.50. The quantitative estimate of drug-likeness (QED) is 0.644. The van der Waals surface area contributed by atoms with Crippen molar-refractivity contribution < 1.29 is 0 Å². The summed E-state index contributed by atoms with van der Waals surface area (Å²) in [7, 11) is 0. The Morgan fingerprint density at radius 1 is 1.38 bits per heavy atom. The van der Waals surface area contributed by atoms with Crippen molar-refractivity contribution >= 4 is 0 Å². The third kappa shape index (κ3) is 1.50. The minimum Gasteiger partial charge on any atom is -0.399 e. The fourth-order valence-corrected chi connectivity index (χ4v) is 1.70. The molecule has 0 saturated heterocycles. The second kappa shape index (κ2) is 3.09. The minimum absolute atomic E-state index is 0.505. The lowest BCUT2D eigenvalue weighted by Crippen LogP contribution is -2.10. The molecule has 2 rings (SSSR count). The molecule has 1 heteroatoms. The summed E-state index contributed by atoms with van der Waals surface area (Å²) >= 11 is 0. The van der Waals surface area contributed by atoms with E-state index in [-0.39, 0.29) is 0 Å². The zero-order valence-electron chi connectivity index (χ0n) is 7.53. The SMILES string of the molecule is C=C(N)C1=CC=C2C=CC=CC2C1. The van der Waals surface area contributed by atoms with E-state index in [0.29, 0.717) is 11.6 Å². The molecule has 0 aromatic rings. The molecule has 1 atom stereocenters. The van der Waals surface area contributed by atoms with Crippen molar-refractivity contribution in [2.75, 3.05) is 0 Å². The van der Waals surface area contributed by atoms with Gasteiger partial charge in [-0.05, 0) is 17.6 Å². The van der Waals surface area contributed by atoms with Gasteiger partial charge in [0.2, 0.25) is 0 Å². The summed E-state index contributed by atoms with van der Waals surface area (Å²) in [6, 6.07) is 0. The van der Waals surface area contributed by atoms with Gasteiger partial charge in [0.1, 0.15) is 0 Å². The van der Waals surface area contributed by atoms with Crippen molar-refractivity contribution in [1.82, 2.24) is 0 Å². The second-order valence-corrected chi connectivity index (χ2v) is 3.44. The second-order valence-electron chi connectivity index (χ2n) is 3.44. The van der Waals surface area contributed by atoms with Gasteiger partial charge in [-0.2, -0.15) is 0 Å². The van der Waals surface area contributed by atoms with Crippen LogP contribution in [0.4, 0.5) is 0 Å². The van der Waals surface area contributed by atoms with Crippen LogP contribution < -0.4 is 5.73 Å². The average Bonchev–Trinajstić information content (AvgIpc) is 2.17. The molecule has 0 spiro atoms. The summed E-state index contributed by atoms with van der Waals surface area (Å²) in [6.45, 7) is 3.75. The smallest absolute Gasteiger partial charge is 0.0273 e. The molecule has 0 heterocycles. The maximum Gasteiger partial charge on any atom is 0.0273 e. The summed E-state index contributed by atoms with van der Waals surface area (Å²) in [6.07, 6.45) is 13.7. The topological polar surface area (TPSA) is 26.0 Å². The Labute approximate surface area is 78.6 Å². The van der Waals surface area contributed by atoms with Crippen molar-refractivity contribution in [1.29, 1.82) is 0 Å². The molecule has 66 valence electrons. The van der Waals surface area contributed by atoms with Crippen LogP contribution in [0.25, 0.3) is 0 Å². The van der Waals surface area contributed by atoms with Crippen LogP contribution in [0.15, 0.2) is 59.9 Å². The predicted molar refractivity (Wildman–Crippen MR) is 55.9 cm³/mol. The minimum atomic E-state index is 0.505. The Balaban J connectivity index is 2.29. The van der Waals surface area contributed by atoms with Gasteiger partial charge < -0.3 is 5.73 Å². The maximum atomic E-state index is 5.65. The molecule has 0 aliphatic heterocycles. The normalized spacial score (nSPS) is 24.8. The van der Waals surface area contributed by atoms with Gasteiger partial charge in [-0.3, -0.25) is 0 Å². The van der Waals surface area contributed by atoms with E-state index >= 15 is 0 Å². The van der Waals surface area contributed by atoms with Gasteiger partial charge in [-0.25, -0.2) is 0 Å².